The van der Waals surface area contributed by atoms with E-state index in [9.17, 15) is 9.59 Å². The van der Waals surface area contributed by atoms with Gasteiger partial charge in [0, 0.05) is 29.3 Å². The number of rotatable bonds is 7. The number of hydrogen-bond donors (Lipinski definition) is 1. The molecule has 1 aliphatic carbocycles. The number of carbonyl (C=O) groups excluding carboxylic acids is 2. The van der Waals surface area contributed by atoms with Gasteiger partial charge in [0.25, 0.3) is 0 Å². The van der Waals surface area contributed by atoms with Crippen molar-refractivity contribution in [1.29, 1.82) is 0 Å². The molecular weight excluding hydrogens is 430 g/mol. The van der Waals surface area contributed by atoms with E-state index in [2.05, 4.69) is 17.4 Å². The highest BCUT2D eigenvalue weighted by molar-refractivity contribution is 6.04. The lowest BCUT2D eigenvalue weighted by molar-refractivity contribution is -0.136. The van der Waals surface area contributed by atoms with Crippen molar-refractivity contribution >= 4 is 11.8 Å². The molecule has 0 fully saturated rings. The van der Waals surface area contributed by atoms with E-state index in [4.69, 9.17) is 14.2 Å². The summed E-state index contributed by atoms with van der Waals surface area (Å²) in [6.45, 7) is 4.47. The molecule has 4 rings (SSSR count). The van der Waals surface area contributed by atoms with Crippen LogP contribution in [0, 0.1) is 0 Å². The summed E-state index contributed by atoms with van der Waals surface area (Å²) in [6.07, 6.45) is 1.96. The van der Waals surface area contributed by atoms with Crippen molar-refractivity contribution in [3.8, 4) is 11.5 Å². The van der Waals surface area contributed by atoms with Crippen LogP contribution in [0.5, 0.6) is 11.5 Å². The molecular formula is C28H31NO5. The average molecular weight is 462 g/mol. The van der Waals surface area contributed by atoms with Crippen LogP contribution < -0.4 is 14.8 Å². The van der Waals surface area contributed by atoms with Gasteiger partial charge in [-0.3, -0.25) is 4.79 Å². The quantitative estimate of drug-likeness (QED) is 0.584. The number of ether oxygens (including phenoxy) is 3. The molecule has 2 aromatic carbocycles. The van der Waals surface area contributed by atoms with Gasteiger partial charge in [-0.05, 0) is 48.9 Å². The molecule has 34 heavy (non-hydrogen) atoms. The van der Waals surface area contributed by atoms with Gasteiger partial charge < -0.3 is 19.5 Å². The van der Waals surface area contributed by atoms with Gasteiger partial charge >= 0.3 is 5.97 Å². The molecule has 2 aromatic rings. The van der Waals surface area contributed by atoms with Crippen LogP contribution >= 0.6 is 0 Å². The molecule has 0 radical (unpaired) electrons. The van der Waals surface area contributed by atoms with Crippen molar-refractivity contribution in [3.05, 3.63) is 82.2 Å². The highest BCUT2D eigenvalue weighted by atomic mass is 16.5. The Morgan fingerprint density at radius 2 is 1.79 bits per heavy atom. The van der Waals surface area contributed by atoms with Gasteiger partial charge in [0.15, 0.2) is 17.3 Å². The molecule has 1 N–H and O–H groups in total. The number of methoxy groups -OCH3 is 2. The van der Waals surface area contributed by atoms with E-state index in [1.807, 2.05) is 50.2 Å². The summed E-state index contributed by atoms with van der Waals surface area (Å²) in [7, 11) is 2.95. The monoisotopic (exact) mass is 461 g/mol. The highest BCUT2D eigenvalue weighted by Gasteiger charge is 2.41. The molecule has 0 saturated carbocycles. The summed E-state index contributed by atoms with van der Waals surface area (Å²) in [4.78, 5) is 26.5. The van der Waals surface area contributed by atoms with Crippen LogP contribution in [0.1, 0.15) is 56.1 Å². The molecule has 2 atom stereocenters. The zero-order chi connectivity index (χ0) is 24.2. The fraction of sp³-hybridized carbons (Fsp3) is 0.357. The second kappa shape index (κ2) is 10.2. The summed E-state index contributed by atoms with van der Waals surface area (Å²) in [5.74, 6) is 0.334. The number of Topliss-reactive ketones (excluding diaryl/α,β-unsaturated/α-hetero) is 1. The Morgan fingerprint density at radius 1 is 1.03 bits per heavy atom. The average Bonchev–Trinajstić information content (AvgIpc) is 2.86. The van der Waals surface area contributed by atoms with Gasteiger partial charge in [0.05, 0.1) is 26.4 Å². The first-order valence-electron chi connectivity index (χ1n) is 11.7. The van der Waals surface area contributed by atoms with Crippen LogP contribution in [0.15, 0.2) is 71.1 Å². The van der Waals surface area contributed by atoms with Gasteiger partial charge in [-0.25, -0.2) is 4.79 Å². The molecule has 0 spiro atoms. The maximum atomic E-state index is 13.6. The van der Waals surface area contributed by atoms with E-state index in [0.29, 0.717) is 47.8 Å². The molecule has 178 valence electrons. The molecule has 6 nitrogen and oxygen atoms in total. The lowest BCUT2D eigenvalue weighted by Crippen LogP contribution is -2.36. The minimum atomic E-state index is -0.540. The van der Waals surface area contributed by atoms with E-state index in [-0.39, 0.29) is 11.7 Å². The predicted molar refractivity (Wildman–Crippen MR) is 130 cm³/mol. The molecule has 0 aromatic heterocycles. The smallest absolute Gasteiger partial charge is 0.336 e. The first-order valence-corrected chi connectivity index (χ1v) is 11.7. The standard InChI is InChI=1S/C28H31NO5/c1-5-13-34-23-12-11-19(16-24(23)32-3)26-25(28(31)33-4)17(2)29-21-14-20(15-22(30)27(21)26)18-9-7-6-8-10-18/h6-12,16,20,26,29H,5,13-15H2,1-4H3. The van der Waals surface area contributed by atoms with E-state index in [0.717, 1.165) is 23.2 Å². The van der Waals surface area contributed by atoms with Crippen LogP contribution in [0.2, 0.25) is 0 Å². The van der Waals surface area contributed by atoms with Gasteiger partial charge in [-0.1, -0.05) is 43.3 Å². The largest absolute Gasteiger partial charge is 0.493 e. The van der Waals surface area contributed by atoms with Gasteiger partial charge in [0.2, 0.25) is 0 Å². The molecule has 1 aliphatic heterocycles. The van der Waals surface area contributed by atoms with Crippen LogP contribution in [-0.4, -0.2) is 32.6 Å². The molecule has 2 aliphatic rings. The van der Waals surface area contributed by atoms with E-state index < -0.39 is 11.9 Å². The molecule has 0 bridgehead atoms. The van der Waals surface area contributed by atoms with Gasteiger partial charge in [0.1, 0.15) is 0 Å². The van der Waals surface area contributed by atoms with Gasteiger partial charge in [-0.15, -0.1) is 0 Å². The molecule has 2 unspecified atom stereocenters. The van der Waals surface area contributed by atoms with Crippen LogP contribution in [-0.2, 0) is 14.3 Å². The predicted octanol–water partition coefficient (Wildman–Crippen LogP) is 5.02. The van der Waals surface area contributed by atoms with Crippen LogP contribution in [0.3, 0.4) is 0 Å². The second-order valence-corrected chi connectivity index (χ2v) is 8.68. The number of esters is 1. The maximum Gasteiger partial charge on any atom is 0.336 e. The molecule has 0 amide bonds. The fourth-order valence-corrected chi connectivity index (χ4v) is 4.91. The summed E-state index contributed by atoms with van der Waals surface area (Å²) in [5.41, 5.74) is 4.56. The number of carbonyl (C=O) groups is 2. The third-order valence-corrected chi connectivity index (χ3v) is 6.49. The second-order valence-electron chi connectivity index (χ2n) is 8.68. The van der Waals surface area contributed by atoms with Crippen molar-refractivity contribution in [2.24, 2.45) is 0 Å². The molecule has 1 heterocycles. The zero-order valence-corrected chi connectivity index (χ0v) is 20.1. The van der Waals surface area contributed by atoms with Crippen molar-refractivity contribution < 1.29 is 23.8 Å². The fourth-order valence-electron chi connectivity index (χ4n) is 4.91. The normalized spacial score (nSPS) is 19.9. The first kappa shape index (κ1) is 23.6. The Morgan fingerprint density at radius 3 is 2.47 bits per heavy atom. The van der Waals surface area contributed by atoms with Crippen molar-refractivity contribution in [2.75, 3.05) is 20.8 Å². The van der Waals surface area contributed by atoms with E-state index >= 15 is 0 Å². The number of ketones is 1. The SMILES string of the molecule is CCCOc1ccc(C2C(C(=O)OC)=C(C)NC3=C2C(=O)CC(c2ccccc2)C3)cc1OC. The lowest BCUT2D eigenvalue weighted by Gasteiger charge is -2.36. The lowest BCUT2D eigenvalue weighted by atomic mass is 9.71. The van der Waals surface area contributed by atoms with Crippen LogP contribution in [0.4, 0.5) is 0 Å². The first-order chi connectivity index (χ1) is 16.5. The molecule has 0 saturated heterocycles. The zero-order valence-electron chi connectivity index (χ0n) is 20.1. The Labute approximate surface area is 200 Å². The summed E-state index contributed by atoms with van der Waals surface area (Å²) < 4.78 is 16.5. The van der Waals surface area contributed by atoms with Crippen molar-refractivity contribution in [2.45, 2.75) is 44.9 Å². The number of nitrogens with one attached hydrogen (secondary N) is 1. The van der Waals surface area contributed by atoms with Crippen molar-refractivity contribution in [3.63, 3.8) is 0 Å². The third kappa shape index (κ3) is 4.45. The topological polar surface area (TPSA) is 73.9 Å². The Kier molecular flexibility index (Phi) is 7.06. The number of allylic oxidation sites excluding steroid dienone is 3. The number of dihydropyridines is 1. The highest BCUT2D eigenvalue weighted by Crippen LogP contribution is 2.46. The molecule has 6 heteroatoms. The summed E-state index contributed by atoms with van der Waals surface area (Å²) in [6, 6.07) is 15.7. The minimum absolute atomic E-state index is 0.0341. The number of hydrogen-bond acceptors (Lipinski definition) is 6. The summed E-state index contributed by atoms with van der Waals surface area (Å²) >= 11 is 0. The summed E-state index contributed by atoms with van der Waals surface area (Å²) in [5, 5.41) is 3.36. The van der Waals surface area contributed by atoms with Gasteiger partial charge in [-0.2, -0.15) is 0 Å². The van der Waals surface area contributed by atoms with E-state index in [1.54, 1.807) is 7.11 Å². The van der Waals surface area contributed by atoms with Crippen LogP contribution in [0.25, 0.3) is 0 Å². The third-order valence-electron chi connectivity index (χ3n) is 6.49. The Balaban J connectivity index is 1.80. The Bertz CT molecular complexity index is 1150. The minimum Gasteiger partial charge on any atom is -0.493 e. The Hall–Kier alpha value is -3.54. The van der Waals surface area contributed by atoms with E-state index in [1.165, 1.54) is 7.11 Å². The maximum absolute atomic E-state index is 13.6. The van der Waals surface area contributed by atoms with Crippen molar-refractivity contribution in [1.82, 2.24) is 5.32 Å². The number of benzene rings is 2.